The van der Waals surface area contributed by atoms with Crippen molar-refractivity contribution in [3.63, 3.8) is 0 Å². The third kappa shape index (κ3) is 4.07. The number of aromatic nitrogens is 2. The molecule has 0 bridgehead atoms. The molecule has 1 amide bonds. The van der Waals surface area contributed by atoms with Crippen molar-refractivity contribution in [2.75, 3.05) is 37.7 Å². The van der Waals surface area contributed by atoms with Gasteiger partial charge in [0.25, 0.3) is 0 Å². The number of nitrogens with zero attached hydrogens (tertiary/aromatic N) is 4. The van der Waals surface area contributed by atoms with E-state index in [1.165, 1.54) is 12.1 Å². The molecule has 1 aromatic carbocycles. The lowest BCUT2D eigenvalue weighted by Crippen LogP contribution is -2.66. The van der Waals surface area contributed by atoms with E-state index in [9.17, 15) is 18.0 Å². The summed E-state index contributed by atoms with van der Waals surface area (Å²) in [5.41, 5.74) is 0.583. The number of amides is 1. The Morgan fingerprint density at radius 1 is 1.20 bits per heavy atom. The van der Waals surface area contributed by atoms with E-state index in [0.29, 0.717) is 19.7 Å². The van der Waals surface area contributed by atoms with Gasteiger partial charge in [-0.1, -0.05) is 0 Å². The molecular formula is C20H23F3N4O3. The number of benzene rings is 1. The van der Waals surface area contributed by atoms with Crippen LogP contribution in [-0.4, -0.2) is 65.1 Å². The lowest BCUT2D eigenvalue weighted by atomic mass is 10.00. The Balaban J connectivity index is 1.62. The average molecular weight is 424 g/mol. The van der Waals surface area contributed by atoms with Gasteiger partial charge in [-0.05, 0) is 31.2 Å². The third-order valence-corrected chi connectivity index (χ3v) is 5.36. The van der Waals surface area contributed by atoms with E-state index in [1.807, 2.05) is 25.1 Å². The fraction of sp³-hybridized carbons (Fsp3) is 0.500. The highest BCUT2D eigenvalue weighted by Crippen LogP contribution is 2.37. The second-order valence-electron chi connectivity index (χ2n) is 7.85. The molecule has 1 spiro atoms. The van der Waals surface area contributed by atoms with Gasteiger partial charge in [0.2, 0.25) is 0 Å². The largest absolute Gasteiger partial charge is 0.437 e. The van der Waals surface area contributed by atoms with Crippen LogP contribution in [0.1, 0.15) is 11.3 Å². The monoisotopic (exact) mass is 424 g/mol. The molecule has 0 N–H and O–H groups in total. The summed E-state index contributed by atoms with van der Waals surface area (Å²) < 4.78 is 54.9. The van der Waals surface area contributed by atoms with Crippen LogP contribution in [0.3, 0.4) is 0 Å². The molecule has 30 heavy (non-hydrogen) atoms. The number of carbonyl (C=O) groups is 1. The second kappa shape index (κ2) is 7.68. The van der Waals surface area contributed by atoms with Crippen molar-refractivity contribution in [1.29, 1.82) is 0 Å². The van der Waals surface area contributed by atoms with Crippen molar-refractivity contribution < 1.29 is 27.4 Å². The standard InChI is InChI=1S/C20H23F3N4O3/c1-14-15(9-25(2)24-14)10-26-7-8-29-13-19(11-26)12-27(18(28)20(22,23)30-19)17-5-3-16(21)4-6-17/h3-6,9H,7-8,10-13H2,1-2H3. The van der Waals surface area contributed by atoms with E-state index in [2.05, 4.69) is 5.10 Å². The number of alkyl halides is 2. The van der Waals surface area contributed by atoms with Gasteiger partial charge in [0.1, 0.15) is 11.4 Å². The third-order valence-electron chi connectivity index (χ3n) is 5.36. The van der Waals surface area contributed by atoms with Crippen LogP contribution in [0.5, 0.6) is 0 Å². The lowest BCUT2D eigenvalue weighted by molar-refractivity contribution is -0.294. The van der Waals surface area contributed by atoms with Crippen molar-refractivity contribution in [2.24, 2.45) is 7.05 Å². The highest BCUT2D eigenvalue weighted by atomic mass is 19.3. The maximum Gasteiger partial charge on any atom is 0.437 e. The molecule has 2 aliphatic heterocycles. The number of aryl methyl sites for hydroxylation is 2. The predicted molar refractivity (Wildman–Crippen MR) is 102 cm³/mol. The number of hydrogen-bond acceptors (Lipinski definition) is 5. The van der Waals surface area contributed by atoms with Crippen molar-refractivity contribution in [2.45, 2.75) is 25.2 Å². The summed E-state index contributed by atoms with van der Waals surface area (Å²) >= 11 is 0. The molecule has 1 atom stereocenters. The van der Waals surface area contributed by atoms with Gasteiger partial charge < -0.3 is 14.4 Å². The topological polar surface area (TPSA) is 59.8 Å². The van der Waals surface area contributed by atoms with Crippen LogP contribution in [0, 0.1) is 12.7 Å². The number of carbonyl (C=O) groups excluding carboxylic acids is 1. The highest BCUT2D eigenvalue weighted by Gasteiger charge is 2.58. The molecular weight excluding hydrogens is 401 g/mol. The summed E-state index contributed by atoms with van der Waals surface area (Å²) in [5, 5.41) is 4.32. The normalized spacial score (nSPS) is 25.0. The number of ether oxygens (including phenoxy) is 2. The number of hydrogen-bond donors (Lipinski definition) is 0. The van der Waals surface area contributed by atoms with Crippen molar-refractivity contribution >= 4 is 11.6 Å². The minimum atomic E-state index is -4.02. The Morgan fingerprint density at radius 2 is 1.93 bits per heavy atom. The first-order chi connectivity index (χ1) is 14.2. The van der Waals surface area contributed by atoms with E-state index in [0.717, 1.165) is 28.3 Å². The lowest BCUT2D eigenvalue weighted by Gasteiger charge is -2.45. The molecule has 1 aromatic heterocycles. The molecule has 0 aliphatic carbocycles. The zero-order valence-corrected chi connectivity index (χ0v) is 16.8. The molecule has 162 valence electrons. The van der Waals surface area contributed by atoms with Crippen LogP contribution in [0.4, 0.5) is 18.9 Å². The summed E-state index contributed by atoms with van der Waals surface area (Å²) in [6.07, 6.45) is -2.13. The van der Waals surface area contributed by atoms with Crippen molar-refractivity contribution in [1.82, 2.24) is 14.7 Å². The Kier molecular flexibility index (Phi) is 5.33. The van der Waals surface area contributed by atoms with Gasteiger partial charge in [-0.2, -0.15) is 13.9 Å². The number of rotatable bonds is 3. The van der Waals surface area contributed by atoms with Gasteiger partial charge >= 0.3 is 12.0 Å². The SMILES string of the molecule is Cc1nn(C)cc1CN1CCOCC2(C1)CN(c1ccc(F)cc1)C(=O)C(F)(F)O2. The first-order valence-corrected chi connectivity index (χ1v) is 9.62. The fourth-order valence-electron chi connectivity index (χ4n) is 4.02. The molecule has 0 saturated carbocycles. The van der Waals surface area contributed by atoms with Gasteiger partial charge in [-0.3, -0.25) is 14.4 Å². The summed E-state index contributed by atoms with van der Waals surface area (Å²) in [6.45, 7) is 3.17. The Labute approximate surface area is 172 Å². The minimum absolute atomic E-state index is 0.0872. The van der Waals surface area contributed by atoms with Gasteiger partial charge in [-0.15, -0.1) is 0 Å². The fourth-order valence-corrected chi connectivity index (χ4v) is 4.02. The van der Waals surface area contributed by atoms with Gasteiger partial charge in [-0.25, -0.2) is 4.39 Å². The van der Waals surface area contributed by atoms with Gasteiger partial charge in [0.05, 0.1) is 25.5 Å². The van der Waals surface area contributed by atoms with Crippen molar-refractivity contribution in [3.8, 4) is 0 Å². The van der Waals surface area contributed by atoms with E-state index < -0.39 is 23.4 Å². The molecule has 2 saturated heterocycles. The van der Waals surface area contributed by atoms with E-state index >= 15 is 0 Å². The molecule has 2 aromatic rings. The van der Waals surface area contributed by atoms with Crippen LogP contribution >= 0.6 is 0 Å². The minimum Gasteiger partial charge on any atom is -0.377 e. The van der Waals surface area contributed by atoms with Crippen LogP contribution in [-0.2, 0) is 27.9 Å². The summed E-state index contributed by atoms with van der Waals surface area (Å²) in [5.74, 6) is -1.99. The number of anilines is 1. The summed E-state index contributed by atoms with van der Waals surface area (Å²) in [6, 6.07) is 4.86. The van der Waals surface area contributed by atoms with Gasteiger partial charge in [0, 0.05) is 44.1 Å². The van der Waals surface area contributed by atoms with E-state index in [4.69, 9.17) is 9.47 Å². The maximum absolute atomic E-state index is 14.6. The molecule has 10 heteroatoms. The van der Waals surface area contributed by atoms with Gasteiger partial charge in [0.15, 0.2) is 0 Å². The molecule has 0 radical (unpaired) electrons. The first-order valence-electron chi connectivity index (χ1n) is 9.62. The predicted octanol–water partition coefficient (Wildman–Crippen LogP) is 2.09. The van der Waals surface area contributed by atoms with Crippen LogP contribution in [0.2, 0.25) is 0 Å². The summed E-state index contributed by atoms with van der Waals surface area (Å²) in [7, 11) is 1.82. The highest BCUT2D eigenvalue weighted by molar-refractivity contribution is 5.98. The summed E-state index contributed by atoms with van der Waals surface area (Å²) in [4.78, 5) is 15.3. The molecule has 3 heterocycles. The molecule has 7 nitrogen and oxygen atoms in total. The zero-order valence-electron chi connectivity index (χ0n) is 16.8. The smallest absolute Gasteiger partial charge is 0.377 e. The Morgan fingerprint density at radius 3 is 2.60 bits per heavy atom. The molecule has 2 fully saturated rings. The van der Waals surface area contributed by atoms with Crippen LogP contribution in [0.25, 0.3) is 0 Å². The van der Waals surface area contributed by atoms with Crippen LogP contribution in [0.15, 0.2) is 30.5 Å². The molecule has 2 aliphatic rings. The molecule has 1 unspecified atom stereocenters. The number of halogens is 3. The second-order valence-corrected chi connectivity index (χ2v) is 7.85. The maximum atomic E-state index is 14.6. The number of morpholine rings is 1. The van der Waals surface area contributed by atoms with E-state index in [-0.39, 0.29) is 25.4 Å². The quantitative estimate of drug-likeness (QED) is 0.755. The van der Waals surface area contributed by atoms with Crippen LogP contribution < -0.4 is 4.90 Å². The average Bonchev–Trinajstić information content (AvgIpc) is 2.87. The first kappa shape index (κ1) is 20.8. The molecule has 4 rings (SSSR count). The zero-order chi connectivity index (χ0) is 21.5. The Bertz CT molecular complexity index is 934. The van der Waals surface area contributed by atoms with E-state index in [1.54, 1.807) is 4.68 Å². The van der Waals surface area contributed by atoms with Crippen molar-refractivity contribution in [3.05, 3.63) is 47.5 Å². The Hall–Kier alpha value is -2.43.